The van der Waals surface area contributed by atoms with Crippen molar-refractivity contribution in [2.75, 3.05) is 32.8 Å². The van der Waals surface area contributed by atoms with Crippen molar-refractivity contribution in [3.63, 3.8) is 0 Å². The van der Waals surface area contributed by atoms with Crippen molar-refractivity contribution in [2.45, 2.75) is 56.9 Å². The molecule has 3 fully saturated rings. The van der Waals surface area contributed by atoms with Gasteiger partial charge in [0, 0.05) is 31.8 Å². The first-order chi connectivity index (χ1) is 8.81. The van der Waals surface area contributed by atoms with Crippen molar-refractivity contribution in [1.29, 1.82) is 0 Å². The van der Waals surface area contributed by atoms with Gasteiger partial charge >= 0.3 is 0 Å². The maximum atomic E-state index is 5.97. The molecule has 0 aromatic carbocycles. The molecule has 3 rings (SSSR count). The molecule has 4 atom stereocenters. The highest BCUT2D eigenvalue weighted by Gasteiger charge is 2.32. The van der Waals surface area contributed by atoms with E-state index in [9.17, 15) is 0 Å². The molecule has 3 saturated heterocycles. The van der Waals surface area contributed by atoms with Crippen LogP contribution in [-0.4, -0.2) is 62.0 Å². The van der Waals surface area contributed by atoms with Crippen LogP contribution in [0.5, 0.6) is 0 Å². The third-order valence-electron chi connectivity index (χ3n) is 4.58. The second kappa shape index (κ2) is 5.87. The van der Waals surface area contributed by atoms with Crippen LogP contribution in [0.25, 0.3) is 0 Å². The van der Waals surface area contributed by atoms with Crippen LogP contribution in [0.2, 0.25) is 0 Å². The van der Waals surface area contributed by atoms with Crippen molar-refractivity contribution in [1.82, 2.24) is 10.2 Å². The Bertz CT molecular complexity index is 275. The predicted molar refractivity (Wildman–Crippen MR) is 70.8 cm³/mol. The van der Waals surface area contributed by atoms with Gasteiger partial charge in [-0.1, -0.05) is 0 Å². The summed E-state index contributed by atoms with van der Waals surface area (Å²) in [5.74, 6) is 0. The number of rotatable bonds is 3. The van der Waals surface area contributed by atoms with E-state index in [0.717, 1.165) is 39.1 Å². The Kier molecular flexibility index (Phi) is 4.19. The van der Waals surface area contributed by atoms with Crippen LogP contribution in [0.4, 0.5) is 0 Å². The van der Waals surface area contributed by atoms with E-state index in [-0.39, 0.29) is 0 Å². The lowest BCUT2D eigenvalue weighted by Crippen LogP contribution is -2.51. The SMILES string of the molecule is CC1CC(NCC2CN3CCCC3CO2)CCO1. The summed E-state index contributed by atoms with van der Waals surface area (Å²) in [6.45, 7) is 7.41. The quantitative estimate of drug-likeness (QED) is 0.815. The van der Waals surface area contributed by atoms with Gasteiger partial charge in [-0.2, -0.15) is 0 Å². The van der Waals surface area contributed by atoms with Crippen LogP contribution >= 0.6 is 0 Å². The van der Waals surface area contributed by atoms with Gasteiger partial charge in [-0.05, 0) is 39.2 Å². The minimum atomic E-state index is 0.387. The fourth-order valence-corrected chi connectivity index (χ4v) is 3.49. The average molecular weight is 254 g/mol. The Labute approximate surface area is 110 Å². The number of hydrogen-bond acceptors (Lipinski definition) is 4. The first kappa shape index (κ1) is 12.9. The van der Waals surface area contributed by atoms with E-state index >= 15 is 0 Å². The van der Waals surface area contributed by atoms with Gasteiger partial charge in [0.15, 0.2) is 0 Å². The van der Waals surface area contributed by atoms with Crippen LogP contribution in [-0.2, 0) is 9.47 Å². The van der Waals surface area contributed by atoms with E-state index in [2.05, 4.69) is 17.1 Å². The largest absolute Gasteiger partial charge is 0.378 e. The number of nitrogens with one attached hydrogen (secondary N) is 1. The highest BCUT2D eigenvalue weighted by molar-refractivity contribution is 4.86. The summed E-state index contributed by atoms with van der Waals surface area (Å²) in [6.07, 6.45) is 5.76. The topological polar surface area (TPSA) is 33.7 Å². The summed E-state index contributed by atoms with van der Waals surface area (Å²) < 4.78 is 11.6. The molecule has 3 heterocycles. The summed E-state index contributed by atoms with van der Waals surface area (Å²) in [5.41, 5.74) is 0. The molecule has 4 nitrogen and oxygen atoms in total. The number of morpholine rings is 1. The molecule has 1 N–H and O–H groups in total. The molecular weight excluding hydrogens is 228 g/mol. The first-order valence-corrected chi connectivity index (χ1v) is 7.52. The van der Waals surface area contributed by atoms with Crippen LogP contribution in [0.15, 0.2) is 0 Å². The Hall–Kier alpha value is -0.160. The van der Waals surface area contributed by atoms with Gasteiger partial charge in [0.05, 0.1) is 18.8 Å². The van der Waals surface area contributed by atoms with Crippen molar-refractivity contribution in [3.8, 4) is 0 Å². The van der Waals surface area contributed by atoms with Crippen molar-refractivity contribution < 1.29 is 9.47 Å². The number of hydrogen-bond donors (Lipinski definition) is 1. The normalized spacial score (nSPS) is 41.8. The van der Waals surface area contributed by atoms with Crippen molar-refractivity contribution in [3.05, 3.63) is 0 Å². The standard InChI is InChI=1S/C14H26N2O2/c1-11-7-12(4-6-17-11)15-8-14-9-16-5-2-3-13(16)10-18-14/h11-15H,2-10H2,1H3. The Morgan fingerprint density at radius 3 is 3.11 bits per heavy atom. The zero-order valence-corrected chi connectivity index (χ0v) is 11.4. The summed E-state index contributed by atoms with van der Waals surface area (Å²) in [6, 6.07) is 1.33. The molecule has 3 aliphatic heterocycles. The van der Waals surface area contributed by atoms with Crippen LogP contribution < -0.4 is 5.32 Å². The zero-order chi connectivity index (χ0) is 12.4. The third-order valence-corrected chi connectivity index (χ3v) is 4.58. The van der Waals surface area contributed by atoms with E-state index in [4.69, 9.17) is 9.47 Å². The second-order valence-corrected chi connectivity index (χ2v) is 6.06. The fraction of sp³-hybridized carbons (Fsp3) is 1.00. The maximum absolute atomic E-state index is 5.97. The number of nitrogens with zero attached hydrogens (tertiary/aromatic N) is 1. The molecule has 0 bridgehead atoms. The summed E-state index contributed by atoms with van der Waals surface area (Å²) in [7, 11) is 0. The van der Waals surface area contributed by atoms with Crippen LogP contribution in [0.1, 0.15) is 32.6 Å². The number of ether oxygens (including phenoxy) is 2. The van der Waals surface area contributed by atoms with Gasteiger partial charge < -0.3 is 14.8 Å². The van der Waals surface area contributed by atoms with Gasteiger partial charge in [0.1, 0.15) is 0 Å². The Balaban J connectivity index is 1.40. The molecule has 4 heteroatoms. The van der Waals surface area contributed by atoms with Crippen molar-refractivity contribution in [2.24, 2.45) is 0 Å². The maximum Gasteiger partial charge on any atom is 0.0827 e. The van der Waals surface area contributed by atoms with Gasteiger partial charge in [0.25, 0.3) is 0 Å². The monoisotopic (exact) mass is 254 g/mol. The van der Waals surface area contributed by atoms with Crippen LogP contribution in [0.3, 0.4) is 0 Å². The molecule has 0 amide bonds. The molecule has 0 radical (unpaired) electrons. The highest BCUT2D eigenvalue weighted by Crippen LogP contribution is 2.22. The molecule has 0 spiro atoms. The lowest BCUT2D eigenvalue weighted by molar-refractivity contribution is -0.0510. The van der Waals surface area contributed by atoms with Crippen LogP contribution in [0, 0.1) is 0 Å². The molecule has 104 valence electrons. The minimum absolute atomic E-state index is 0.387. The smallest absolute Gasteiger partial charge is 0.0827 e. The summed E-state index contributed by atoms with van der Waals surface area (Å²) in [5, 5.41) is 3.67. The lowest BCUT2D eigenvalue weighted by Gasteiger charge is -2.36. The molecule has 4 unspecified atom stereocenters. The predicted octanol–water partition coefficient (Wildman–Crippen LogP) is 1.01. The van der Waals surface area contributed by atoms with E-state index in [0.29, 0.717) is 24.3 Å². The molecular formula is C14H26N2O2. The Morgan fingerprint density at radius 2 is 2.22 bits per heavy atom. The molecule has 3 aliphatic rings. The zero-order valence-electron chi connectivity index (χ0n) is 11.4. The molecule has 0 aliphatic carbocycles. The lowest BCUT2D eigenvalue weighted by atomic mass is 10.0. The van der Waals surface area contributed by atoms with E-state index < -0.39 is 0 Å². The summed E-state index contributed by atoms with van der Waals surface area (Å²) in [4.78, 5) is 2.61. The van der Waals surface area contributed by atoms with E-state index in [1.807, 2.05) is 0 Å². The molecule has 0 aromatic heterocycles. The Morgan fingerprint density at radius 1 is 1.28 bits per heavy atom. The minimum Gasteiger partial charge on any atom is -0.378 e. The van der Waals surface area contributed by atoms with E-state index in [1.165, 1.54) is 19.4 Å². The highest BCUT2D eigenvalue weighted by atomic mass is 16.5. The summed E-state index contributed by atoms with van der Waals surface area (Å²) >= 11 is 0. The van der Waals surface area contributed by atoms with Gasteiger partial charge in [-0.3, -0.25) is 4.90 Å². The van der Waals surface area contributed by atoms with E-state index in [1.54, 1.807) is 0 Å². The third kappa shape index (κ3) is 3.05. The van der Waals surface area contributed by atoms with Gasteiger partial charge in [0.2, 0.25) is 0 Å². The van der Waals surface area contributed by atoms with Gasteiger partial charge in [-0.25, -0.2) is 0 Å². The fourth-order valence-electron chi connectivity index (χ4n) is 3.49. The van der Waals surface area contributed by atoms with Crippen molar-refractivity contribution >= 4 is 0 Å². The first-order valence-electron chi connectivity index (χ1n) is 7.52. The molecule has 18 heavy (non-hydrogen) atoms. The molecule has 0 aromatic rings. The second-order valence-electron chi connectivity index (χ2n) is 6.06. The van der Waals surface area contributed by atoms with Gasteiger partial charge in [-0.15, -0.1) is 0 Å². The average Bonchev–Trinajstić information content (AvgIpc) is 2.84. The number of fused-ring (bicyclic) bond motifs is 1. The molecule has 0 saturated carbocycles.